The number of halogens is 1. The lowest BCUT2D eigenvalue weighted by Crippen LogP contribution is -2.29. The van der Waals surface area contributed by atoms with Gasteiger partial charge in [-0.2, -0.15) is 0 Å². The fourth-order valence-electron chi connectivity index (χ4n) is 3.54. The standard InChI is InChI=1S/C18H18BrNO/c19-15-6-3-5-13-12(15)8-9-16(13)20-17-10-11-21-18-7-2-1-4-14(17)18/h1-7,16-17,20H,8-11H2. The molecular weight excluding hydrogens is 326 g/mol. The van der Waals surface area contributed by atoms with Crippen LogP contribution >= 0.6 is 15.9 Å². The second kappa shape index (κ2) is 5.47. The second-order valence-corrected chi connectivity index (χ2v) is 6.65. The zero-order valence-corrected chi connectivity index (χ0v) is 13.4. The van der Waals surface area contributed by atoms with Gasteiger partial charge in [-0.05, 0) is 36.1 Å². The van der Waals surface area contributed by atoms with Gasteiger partial charge >= 0.3 is 0 Å². The zero-order chi connectivity index (χ0) is 14.2. The van der Waals surface area contributed by atoms with Gasteiger partial charge in [-0.3, -0.25) is 0 Å². The smallest absolute Gasteiger partial charge is 0.124 e. The fourth-order valence-corrected chi connectivity index (χ4v) is 4.12. The molecule has 0 bridgehead atoms. The van der Waals surface area contributed by atoms with Crippen molar-refractivity contribution < 1.29 is 4.74 Å². The molecule has 2 aliphatic rings. The Balaban J connectivity index is 1.61. The molecule has 108 valence electrons. The summed E-state index contributed by atoms with van der Waals surface area (Å²) in [5.41, 5.74) is 4.22. The Kier molecular flexibility index (Phi) is 3.48. The van der Waals surface area contributed by atoms with Crippen molar-refractivity contribution in [1.29, 1.82) is 0 Å². The van der Waals surface area contributed by atoms with E-state index in [9.17, 15) is 0 Å². The van der Waals surface area contributed by atoms with Crippen molar-refractivity contribution in [2.24, 2.45) is 0 Å². The third kappa shape index (κ3) is 2.39. The van der Waals surface area contributed by atoms with Gasteiger partial charge in [-0.15, -0.1) is 0 Å². The van der Waals surface area contributed by atoms with Crippen LogP contribution in [0.25, 0.3) is 0 Å². The summed E-state index contributed by atoms with van der Waals surface area (Å²) in [5.74, 6) is 1.04. The molecule has 1 N–H and O–H groups in total. The fraction of sp³-hybridized carbons (Fsp3) is 0.333. The average molecular weight is 344 g/mol. The van der Waals surface area contributed by atoms with Gasteiger partial charge in [-0.25, -0.2) is 0 Å². The molecule has 0 amide bonds. The molecule has 1 heterocycles. The van der Waals surface area contributed by atoms with Gasteiger partial charge < -0.3 is 10.1 Å². The molecule has 0 spiro atoms. The van der Waals surface area contributed by atoms with Crippen LogP contribution in [0.3, 0.4) is 0 Å². The van der Waals surface area contributed by atoms with E-state index >= 15 is 0 Å². The number of hydrogen-bond donors (Lipinski definition) is 1. The van der Waals surface area contributed by atoms with E-state index in [4.69, 9.17) is 4.74 Å². The number of fused-ring (bicyclic) bond motifs is 2. The minimum absolute atomic E-state index is 0.393. The third-order valence-corrected chi connectivity index (χ3v) is 5.32. The predicted molar refractivity (Wildman–Crippen MR) is 87.6 cm³/mol. The van der Waals surface area contributed by atoms with Crippen LogP contribution < -0.4 is 10.1 Å². The van der Waals surface area contributed by atoms with Gasteiger partial charge in [-0.1, -0.05) is 46.3 Å². The van der Waals surface area contributed by atoms with Gasteiger partial charge in [0.05, 0.1) is 6.61 Å². The van der Waals surface area contributed by atoms with Crippen molar-refractivity contribution in [1.82, 2.24) is 5.32 Å². The summed E-state index contributed by atoms with van der Waals surface area (Å²) in [6, 6.07) is 15.8. The van der Waals surface area contributed by atoms with Crippen molar-refractivity contribution in [2.75, 3.05) is 6.61 Å². The highest BCUT2D eigenvalue weighted by atomic mass is 79.9. The molecule has 2 atom stereocenters. The van der Waals surface area contributed by atoms with Crippen molar-refractivity contribution in [3.63, 3.8) is 0 Å². The van der Waals surface area contributed by atoms with Gasteiger partial charge in [0.15, 0.2) is 0 Å². The molecule has 2 nitrogen and oxygen atoms in total. The van der Waals surface area contributed by atoms with E-state index in [-0.39, 0.29) is 0 Å². The van der Waals surface area contributed by atoms with Crippen LogP contribution in [0, 0.1) is 0 Å². The molecule has 2 unspecified atom stereocenters. The molecule has 0 fully saturated rings. The van der Waals surface area contributed by atoms with E-state index in [0.717, 1.165) is 25.2 Å². The Morgan fingerprint density at radius 1 is 0.952 bits per heavy atom. The molecule has 3 heteroatoms. The van der Waals surface area contributed by atoms with E-state index in [1.165, 1.54) is 27.6 Å². The van der Waals surface area contributed by atoms with Gasteiger partial charge in [0.2, 0.25) is 0 Å². The normalized spacial score (nSPS) is 23.3. The van der Waals surface area contributed by atoms with Crippen molar-refractivity contribution >= 4 is 15.9 Å². The van der Waals surface area contributed by atoms with Crippen LogP contribution in [-0.2, 0) is 6.42 Å². The summed E-state index contributed by atoms with van der Waals surface area (Å²) in [6.07, 6.45) is 3.37. The SMILES string of the molecule is Brc1cccc2c1CCC2NC1CCOc2ccccc21. The molecule has 0 aromatic heterocycles. The summed E-state index contributed by atoms with van der Waals surface area (Å²) < 4.78 is 7.01. The molecule has 0 saturated carbocycles. The van der Waals surface area contributed by atoms with Gasteiger partial charge in [0.1, 0.15) is 5.75 Å². The second-order valence-electron chi connectivity index (χ2n) is 5.79. The Morgan fingerprint density at radius 2 is 1.76 bits per heavy atom. The molecule has 2 aromatic carbocycles. The first-order chi connectivity index (χ1) is 10.3. The quantitative estimate of drug-likeness (QED) is 0.863. The third-order valence-electron chi connectivity index (χ3n) is 4.57. The summed E-state index contributed by atoms with van der Waals surface area (Å²) in [5, 5.41) is 3.86. The van der Waals surface area contributed by atoms with E-state index in [2.05, 4.69) is 57.6 Å². The number of benzene rings is 2. The summed E-state index contributed by atoms with van der Waals surface area (Å²) in [6.45, 7) is 0.798. The lowest BCUT2D eigenvalue weighted by Gasteiger charge is -2.29. The Labute approximate surface area is 133 Å². The average Bonchev–Trinajstić information content (AvgIpc) is 2.92. The minimum atomic E-state index is 0.393. The van der Waals surface area contributed by atoms with Gasteiger partial charge in [0.25, 0.3) is 0 Å². The number of hydrogen-bond acceptors (Lipinski definition) is 2. The zero-order valence-electron chi connectivity index (χ0n) is 11.8. The number of rotatable bonds is 2. The lowest BCUT2D eigenvalue weighted by atomic mass is 9.98. The highest BCUT2D eigenvalue weighted by Gasteiger charge is 2.28. The highest BCUT2D eigenvalue weighted by molar-refractivity contribution is 9.10. The molecule has 2 aromatic rings. The maximum atomic E-state index is 5.76. The van der Waals surface area contributed by atoms with E-state index in [1.54, 1.807) is 0 Å². The largest absolute Gasteiger partial charge is 0.493 e. The number of ether oxygens (including phenoxy) is 1. The highest BCUT2D eigenvalue weighted by Crippen LogP contribution is 2.39. The number of para-hydroxylation sites is 1. The van der Waals surface area contributed by atoms with Crippen LogP contribution in [0.1, 0.15) is 41.6 Å². The molecule has 1 aliphatic heterocycles. The first-order valence-corrected chi connectivity index (χ1v) is 8.37. The predicted octanol–water partition coefficient (Wildman–Crippen LogP) is 4.55. The Hall–Kier alpha value is -1.32. The molecule has 4 rings (SSSR count). The van der Waals surface area contributed by atoms with Gasteiger partial charge in [0, 0.05) is 28.5 Å². The maximum absolute atomic E-state index is 5.76. The monoisotopic (exact) mass is 343 g/mol. The summed E-state index contributed by atoms with van der Waals surface area (Å²) in [4.78, 5) is 0. The van der Waals surface area contributed by atoms with Crippen LogP contribution in [-0.4, -0.2) is 6.61 Å². The number of nitrogens with one attached hydrogen (secondary N) is 1. The van der Waals surface area contributed by atoms with Crippen LogP contribution in [0.15, 0.2) is 46.9 Å². The van der Waals surface area contributed by atoms with Crippen LogP contribution in [0.2, 0.25) is 0 Å². The maximum Gasteiger partial charge on any atom is 0.124 e. The van der Waals surface area contributed by atoms with E-state index < -0.39 is 0 Å². The topological polar surface area (TPSA) is 21.3 Å². The van der Waals surface area contributed by atoms with E-state index in [0.29, 0.717) is 12.1 Å². The summed E-state index contributed by atoms with van der Waals surface area (Å²) >= 11 is 3.68. The van der Waals surface area contributed by atoms with Crippen molar-refractivity contribution in [3.05, 3.63) is 63.6 Å². The Bertz CT molecular complexity index is 670. The first kappa shape index (κ1) is 13.4. The van der Waals surface area contributed by atoms with E-state index in [1.807, 2.05) is 6.07 Å². The summed E-state index contributed by atoms with van der Waals surface area (Å²) in [7, 11) is 0. The first-order valence-electron chi connectivity index (χ1n) is 7.58. The minimum Gasteiger partial charge on any atom is -0.493 e. The molecule has 0 radical (unpaired) electrons. The molecule has 0 saturated heterocycles. The molecular formula is C18H18BrNO. The Morgan fingerprint density at radius 3 is 2.71 bits per heavy atom. The van der Waals surface area contributed by atoms with Crippen LogP contribution in [0.5, 0.6) is 5.75 Å². The van der Waals surface area contributed by atoms with Crippen molar-refractivity contribution in [2.45, 2.75) is 31.3 Å². The molecule has 21 heavy (non-hydrogen) atoms. The lowest BCUT2D eigenvalue weighted by molar-refractivity contribution is 0.244. The van der Waals surface area contributed by atoms with Crippen LogP contribution in [0.4, 0.5) is 0 Å². The molecule has 1 aliphatic carbocycles. The van der Waals surface area contributed by atoms with Crippen molar-refractivity contribution in [3.8, 4) is 5.75 Å².